The van der Waals surface area contributed by atoms with Gasteiger partial charge in [0.05, 0.1) is 12.5 Å². The number of hydrogen-bond donors (Lipinski definition) is 3. The molecule has 1 aliphatic carbocycles. The molecule has 3 rings (SSSR count). The zero-order valence-corrected chi connectivity index (χ0v) is 19.9. The summed E-state index contributed by atoms with van der Waals surface area (Å²) in [7, 11) is 3.92. The van der Waals surface area contributed by atoms with Crippen LogP contribution in [0.15, 0.2) is 0 Å². The second kappa shape index (κ2) is 11.8. The van der Waals surface area contributed by atoms with Crippen LogP contribution in [0, 0.1) is 17.7 Å². The molecular weight excluding hydrogens is 453 g/mol. The summed E-state index contributed by atoms with van der Waals surface area (Å²) in [6, 6.07) is 0.0950. The first-order valence-corrected chi connectivity index (χ1v) is 11.8. The molecule has 0 aromatic carbocycles. The van der Waals surface area contributed by atoms with Crippen LogP contribution >= 0.6 is 11.6 Å². The van der Waals surface area contributed by atoms with Crippen LogP contribution in [0.1, 0.15) is 44.9 Å². The van der Waals surface area contributed by atoms with Gasteiger partial charge in [0, 0.05) is 19.1 Å². The van der Waals surface area contributed by atoms with E-state index in [4.69, 9.17) is 11.6 Å². The average Bonchev–Trinajstić information content (AvgIpc) is 3.45. The van der Waals surface area contributed by atoms with Crippen LogP contribution in [0.2, 0.25) is 5.28 Å². The van der Waals surface area contributed by atoms with Crippen LogP contribution in [0.25, 0.3) is 0 Å². The van der Waals surface area contributed by atoms with Crippen LogP contribution in [0.4, 0.5) is 16.0 Å². The van der Waals surface area contributed by atoms with Crippen LogP contribution in [-0.4, -0.2) is 77.2 Å². The molecule has 10 nitrogen and oxygen atoms in total. The van der Waals surface area contributed by atoms with Gasteiger partial charge in [-0.05, 0) is 50.9 Å². The molecule has 33 heavy (non-hydrogen) atoms. The lowest BCUT2D eigenvalue weighted by Gasteiger charge is -2.28. The number of hydroxylamine groups is 2. The van der Waals surface area contributed by atoms with Gasteiger partial charge < -0.3 is 9.80 Å². The van der Waals surface area contributed by atoms with E-state index >= 15 is 4.39 Å². The van der Waals surface area contributed by atoms with E-state index in [9.17, 15) is 14.8 Å². The lowest BCUT2D eigenvalue weighted by atomic mass is 9.92. The molecule has 1 aliphatic heterocycles. The van der Waals surface area contributed by atoms with E-state index in [1.165, 1.54) is 0 Å². The predicted molar refractivity (Wildman–Crippen MR) is 122 cm³/mol. The van der Waals surface area contributed by atoms with Crippen LogP contribution in [0.5, 0.6) is 0 Å². The smallest absolute Gasteiger partial charge is 0.243 e. The Bertz CT molecular complexity index is 825. The van der Waals surface area contributed by atoms with Crippen molar-refractivity contribution in [1.82, 2.24) is 25.4 Å². The van der Waals surface area contributed by atoms with Gasteiger partial charge in [-0.3, -0.25) is 25.6 Å². The lowest BCUT2D eigenvalue weighted by Crippen LogP contribution is -2.41. The van der Waals surface area contributed by atoms with Gasteiger partial charge in [0.1, 0.15) is 0 Å². The van der Waals surface area contributed by atoms with Crippen molar-refractivity contribution >= 4 is 35.6 Å². The normalized spacial score (nSPS) is 19.7. The topological polar surface area (TPSA) is 114 Å². The van der Waals surface area contributed by atoms with E-state index in [1.807, 2.05) is 23.9 Å². The molecule has 184 valence electrons. The SMILES string of the molecule is CN(C)C[C@@H]1CCCN1c1nc(Cl)nc(NNC(=O)[C@@H](CC2CCCC2)CN(O)C=O)c1F. The Balaban J connectivity index is 1.71. The van der Waals surface area contributed by atoms with Crippen molar-refractivity contribution < 1.29 is 19.2 Å². The Kier molecular flexibility index (Phi) is 9.04. The number of likely N-dealkylation sites (N-methyl/N-ethyl adjacent to an activating group) is 1. The zero-order chi connectivity index (χ0) is 24.0. The highest BCUT2D eigenvalue weighted by atomic mass is 35.5. The van der Waals surface area contributed by atoms with E-state index in [1.54, 1.807) is 0 Å². The van der Waals surface area contributed by atoms with Gasteiger partial charge in [-0.2, -0.15) is 14.4 Å². The minimum Gasteiger partial charge on any atom is -0.350 e. The summed E-state index contributed by atoms with van der Waals surface area (Å²) in [5, 5.41) is 9.94. The molecular formula is C21H33ClFN7O3. The minimum atomic E-state index is -0.700. The number of anilines is 2. The van der Waals surface area contributed by atoms with Gasteiger partial charge in [-0.15, -0.1) is 0 Å². The number of nitrogens with zero attached hydrogens (tertiary/aromatic N) is 5. The Labute approximate surface area is 198 Å². The molecule has 1 aromatic rings. The van der Waals surface area contributed by atoms with Gasteiger partial charge in [0.25, 0.3) is 0 Å². The lowest BCUT2D eigenvalue weighted by molar-refractivity contribution is -0.154. The molecule has 2 atom stereocenters. The highest BCUT2D eigenvalue weighted by molar-refractivity contribution is 6.28. The van der Waals surface area contributed by atoms with Crippen molar-refractivity contribution in [2.45, 2.75) is 51.0 Å². The number of carbonyl (C=O) groups excluding carboxylic acids is 2. The molecule has 2 amide bonds. The van der Waals surface area contributed by atoms with Crippen molar-refractivity contribution in [3.05, 3.63) is 11.1 Å². The molecule has 0 spiro atoms. The van der Waals surface area contributed by atoms with Crippen molar-refractivity contribution in [3.8, 4) is 0 Å². The summed E-state index contributed by atoms with van der Waals surface area (Å²) in [6.45, 7) is 1.25. The molecule has 1 saturated heterocycles. The highest BCUT2D eigenvalue weighted by Crippen LogP contribution is 2.32. The molecule has 0 bridgehead atoms. The van der Waals surface area contributed by atoms with Crippen LogP contribution in [-0.2, 0) is 9.59 Å². The molecule has 2 heterocycles. The molecule has 1 saturated carbocycles. The number of amides is 2. The van der Waals surface area contributed by atoms with Gasteiger partial charge in [0.2, 0.25) is 23.4 Å². The number of hydrogen-bond acceptors (Lipinski definition) is 8. The molecule has 0 unspecified atom stereocenters. The second-order valence-corrected chi connectivity index (χ2v) is 9.49. The Morgan fingerprint density at radius 2 is 2.03 bits per heavy atom. The Hall–Kier alpha value is -2.24. The maximum absolute atomic E-state index is 15.3. The summed E-state index contributed by atoms with van der Waals surface area (Å²) < 4.78 is 15.3. The third-order valence-electron chi connectivity index (χ3n) is 6.33. The maximum Gasteiger partial charge on any atom is 0.243 e. The Morgan fingerprint density at radius 3 is 2.70 bits per heavy atom. The summed E-state index contributed by atoms with van der Waals surface area (Å²) in [6.07, 6.45) is 6.83. The van der Waals surface area contributed by atoms with Crippen molar-refractivity contribution in [1.29, 1.82) is 0 Å². The van der Waals surface area contributed by atoms with Gasteiger partial charge >= 0.3 is 0 Å². The van der Waals surface area contributed by atoms with E-state index in [-0.39, 0.29) is 35.9 Å². The number of aromatic nitrogens is 2. The Morgan fingerprint density at radius 1 is 1.30 bits per heavy atom. The molecule has 2 fully saturated rings. The van der Waals surface area contributed by atoms with Gasteiger partial charge in [0.15, 0.2) is 11.6 Å². The third kappa shape index (κ3) is 6.87. The summed E-state index contributed by atoms with van der Waals surface area (Å²) in [5.74, 6) is -1.61. The number of rotatable bonds is 11. The van der Waals surface area contributed by atoms with Gasteiger partial charge in [-0.25, -0.2) is 5.06 Å². The highest BCUT2D eigenvalue weighted by Gasteiger charge is 2.31. The fourth-order valence-corrected chi connectivity index (χ4v) is 4.98. The third-order valence-corrected chi connectivity index (χ3v) is 6.50. The molecule has 2 aliphatic rings. The number of halogens is 2. The van der Waals surface area contributed by atoms with E-state index in [0.29, 0.717) is 23.9 Å². The summed E-state index contributed by atoms with van der Waals surface area (Å²) >= 11 is 6.08. The largest absolute Gasteiger partial charge is 0.350 e. The van der Waals surface area contributed by atoms with Crippen LogP contribution < -0.4 is 15.8 Å². The summed E-state index contributed by atoms with van der Waals surface area (Å²) in [5.41, 5.74) is 5.01. The first-order chi connectivity index (χ1) is 15.8. The first-order valence-electron chi connectivity index (χ1n) is 11.4. The fraction of sp³-hybridized carbons (Fsp3) is 0.714. The average molecular weight is 486 g/mol. The van der Waals surface area contributed by atoms with Crippen molar-refractivity contribution in [3.63, 3.8) is 0 Å². The number of carbonyl (C=O) groups is 2. The van der Waals surface area contributed by atoms with Crippen molar-refractivity contribution in [2.24, 2.45) is 11.8 Å². The maximum atomic E-state index is 15.3. The molecule has 0 radical (unpaired) electrons. The monoisotopic (exact) mass is 485 g/mol. The molecule has 3 N–H and O–H groups in total. The van der Waals surface area contributed by atoms with E-state index in [0.717, 1.165) is 45.1 Å². The zero-order valence-electron chi connectivity index (χ0n) is 19.1. The fourth-order valence-electron chi connectivity index (χ4n) is 4.81. The minimum absolute atomic E-state index is 0.0950. The standard InChI is InChI=1S/C21H33ClFN7O3/c1-28(2)12-16-8-5-9-30(16)19-17(23)18(24-21(22)25-19)26-27-20(32)15(11-29(33)13-31)10-14-6-3-4-7-14/h13-16,33H,3-12H2,1-2H3,(H,27,32)(H,24,25,26)/t15-,16-/m0/s1. The number of nitrogens with one attached hydrogen (secondary N) is 2. The van der Waals surface area contributed by atoms with Crippen molar-refractivity contribution in [2.75, 3.05) is 44.1 Å². The first kappa shape index (κ1) is 25.4. The number of hydrazine groups is 1. The van der Waals surface area contributed by atoms with E-state index < -0.39 is 17.6 Å². The predicted octanol–water partition coefficient (Wildman–Crippen LogP) is 2.29. The van der Waals surface area contributed by atoms with Gasteiger partial charge in [-0.1, -0.05) is 25.7 Å². The molecule has 12 heteroatoms. The quantitative estimate of drug-likeness (QED) is 0.189. The molecule has 1 aromatic heterocycles. The summed E-state index contributed by atoms with van der Waals surface area (Å²) in [4.78, 5) is 35.6. The van der Waals surface area contributed by atoms with E-state index in [2.05, 4.69) is 20.8 Å². The second-order valence-electron chi connectivity index (χ2n) is 9.16. The van der Waals surface area contributed by atoms with Crippen LogP contribution in [0.3, 0.4) is 0 Å².